The highest BCUT2D eigenvalue weighted by Crippen LogP contribution is 2.40. The van der Waals surface area contributed by atoms with Crippen molar-refractivity contribution in [2.45, 2.75) is 25.9 Å². The number of nitro benzene ring substituents is 1. The molecule has 0 aliphatic heterocycles. The summed E-state index contributed by atoms with van der Waals surface area (Å²) in [6, 6.07) is 4.60. The molecule has 2 aromatic carbocycles. The van der Waals surface area contributed by atoms with Gasteiger partial charge in [0.15, 0.2) is 0 Å². The number of ether oxygens (including phenoxy) is 1. The minimum absolute atomic E-state index is 0.00958. The zero-order chi connectivity index (χ0) is 20.5. The van der Waals surface area contributed by atoms with Crippen LogP contribution in [0, 0.1) is 10.1 Å². The molecule has 1 N–H and O–H groups in total. The van der Waals surface area contributed by atoms with Gasteiger partial charge in [0.2, 0.25) is 0 Å². The second kappa shape index (κ2) is 7.80. The van der Waals surface area contributed by atoms with Gasteiger partial charge in [-0.1, -0.05) is 25.4 Å². The number of halogens is 4. The van der Waals surface area contributed by atoms with E-state index < -0.39 is 35.7 Å². The summed E-state index contributed by atoms with van der Waals surface area (Å²) in [6.07, 6.45) is -4.58. The van der Waals surface area contributed by atoms with Crippen LogP contribution in [0.2, 0.25) is 5.02 Å². The van der Waals surface area contributed by atoms with Gasteiger partial charge in [0.1, 0.15) is 11.5 Å². The first kappa shape index (κ1) is 21.1. The van der Waals surface area contributed by atoms with E-state index >= 15 is 0 Å². The summed E-state index contributed by atoms with van der Waals surface area (Å²) in [5.74, 6) is -0.415. The van der Waals surface area contributed by atoms with Gasteiger partial charge in [0.05, 0.1) is 15.5 Å². The lowest BCUT2D eigenvalue weighted by Gasteiger charge is -2.15. The lowest BCUT2D eigenvalue weighted by atomic mass is 10.0. The van der Waals surface area contributed by atoms with Gasteiger partial charge in [0.25, 0.3) is 0 Å². The fraction of sp³-hybridized carbons (Fsp3) is 0.250. The molecule has 27 heavy (non-hydrogen) atoms. The Hall–Kier alpha value is -2.22. The van der Waals surface area contributed by atoms with E-state index in [0.717, 1.165) is 24.3 Å². The molecule has 0 aromatic heterocycles. The Balaban J connectivity index is 2.57. The summed E-state index contributed by atoms with van der Waals surface area (Å²) in [7, 11) is -3.05. The van der Waals surface area contributed by atoms with E-state index in [-0.39, 0.29) is 22.4 Å². The van der Waals surface area contributed by atoms with Crippen molar-refractivity contribution in [3.05, 3.63) is 56.6 Å². The van der Waals surface area contributed by atoms with Crippen LogP contribution in [0.4, 0.5) is 18.9 Å². The molecule has 0 fully saturated rings. The number of hydrogen-bond acceptors (Lipinski definition) is 4. The molecule has 0 aliphatic carbocycles. The van der Waals surface area contributed by atoms with E-state index in [9.17, 15) is 32.7 Å². The fourth-order valence-corrected chi connectivity index (χ4v) is 3.08. The van der Waals surface area contributed by atoms with E-state index in [4.69, 9.17) is 16.3 Å². The van der Waals surface area contributed by atoms with Crippen LogP contribution in [0.3, 0.4) is 0 Å². The Morgan fingerprint density at radius 2 is 1.85 bits per heavy atom. The quantitative estimate of drug-likeness (QED) is 0.388. The van der Waals surface area contributed by atoms with Gasteiger partial charge in [-0.25, -0.2) is 0 Å². The van der Waals surface area contributed by atoms with Crippen LogP contribution in [0.1, 0.15) is 30.9 Å². The number of rotatable bonds is 5. The maximum atomic E-state index is 12.7. The first-order chi connectivity index (χ1) is 12.4. The van der Waals surface area contributed by atoms with Gasteiger partial charge < -0.3 is 4.74 Å². The highest BCUT2D eigenvalue weighted by atomic mass is 35.5. The summed E-state index contributed by atoms with van der Waals surface area (Å²) in [5, 5.41) is 10.4. The average Bonchev–Trinajstić information content (AvgIpc) is 2.54. The zero-order valence-electron chi connectivity index (χ0n) is 14.0. The molecule has 2 rings (SSSR count). The van der Waals surface area contributed by atoms with Gasteiger partial charge in [0, 0.05) is 17.7 Å². The lowest BCUT2D eigenvalue weighted by molar-refractivity contribution is -0.383. The molecule has 6 nitrogen and oxygen atoms in total. The third-order valence-corrected chi connectivity index (χ3v) is 4.68. The Kier molecular flexibility index (Phi) is 6.09. The second-order valence-electron chi connectivity index (χ2n) is 5.81. The zero-order valence-corrected chi connectivity index (χ0v) is 15.6. The molecule has 1 atom stereocenters. The summed E-state index contributed by atoms with van der Waals surface area (Å²) >= 11 is 5.86. The SMILES string of the molecule is CC(C)c1cc([N+](=O)[O-])c([P+](=O)O)cc1Oc1ccc(C(F)(F)F)cc1Cl. The van der Waals surface area contributed by atoms with Gasteiger partial charge in [-0.15, -0.1) is 0 Å². The smallest absolute Gasteiger partial charge is 0.455 e. The first-order valence-corrected chi connectivity index (χ1v) is 9.04. The van der Waals surface area contributed by atoms with Crippen molar-refractivity contribution >= 4 is 30.6 Å². The van der Waals surface area contributed by atoms with E-state index in [1.54, 1.807) is 13.8 Å². The number of nitro groups is 1. The maximum Gasteiger partial charge on any atom is 0.553 e. The normalized spacial score (nSPS) is 12.2. The number of benzene rings is 2. The molecule has 0 aliphatic rings. The molecule has 0 heterocycles. The van der Waals surface area contributed by atoms with Crippen LogP contribution in [-0.4, -0.2) is 9.82 Å². The van der Waals surface area contributed by atoms with E-state index in [1.165, 1.54) is 0 Å². The fourth-order valence-electron chi connectivity index (χ4n) is 2.29. The third-order valence-electron chi connectivity index (χ3n) is 3.61. The molecule has 144 valence electrons. The number of hydrogen-bond donors (Lipinski definition) is 1. The third kappa shape index (κ3) is 4.74. The van der Waals surface area contributed by atoms with Crippen LogP contribution in [0.5, 0.6) is 11.5 Å². The van der Waals surface area contributed by atoms with Crippen molar-refractivity contribution in [2.75, 3.05) is 0 Å². The Labute approximate surface area is 157 Å². The molecular weight excluding hydrogens is 410 g/mol. The Morgan fingerprint density at radius 3 is 2.30 bits per heavy atom. The van der Waals surface area contributed by atoms with E-state index in [1.807, 2.05) is 0 Å². The molecule has 11 heteroatoms. The van der Waals surface area contributed by atoms with Crippen molar-refractivity contribution in [3.8, 4) is 11.5 Å². The van der Waals surface area contributed by atoms with E-state index in [0.29, 0.717) is 11.6 Å². The van der Waals surface area contributed by atoms with Crippen molar-refractivity contribution in [1.29, 1.82) is 0 Å². The molecule has 2 aromatic rings. The average molecular weight is 423 g/mol. The predicted octanol–water partition coefficient (Wildman–Crippen LogP) is 5.54. The van der Waals surface area contributed by atoms with Crippen LogP contribution >= 0.6 is 19.6 Å². The largest absolute Gasteiger partial charge is 0.553 e. The minimum atomic E-state index is -4.58. The van der Waals surface area contributed by atoms with Crippen LogP contribution in [0.25, 0.3) is 0 Å². The van der Waals surface area contributed by atoms with Crippen LogP contribution < -0.4 is 10.0 Å². The maximum absolute atomic E-state index is 12.7. The van der Waals surface area contributed by atoms with E-state index in [2.05, 4.69) is 0 Å². The Morgan fingerprint density at radius 1 is 1.22 bits per heavy atom. The topological polar surface area (TPSA) is 89.7 Å². The van der Waals surface area contributed by atoms with Crippen molar-refractivity contribution < 1.29 is 32.3 Å². The Bertz CT molecular complexity index is 918. The molecular formula is C16H13ClF3NO5P+. The summed E-state index contributed by atoms with van der Waals surface area (Å²) in [4.78, 5) is 19.7. The number of alkyl halides is 3. The molecule has 1 unspecified atom stereocenters. The standard InChI is InChI=1S/C16H12ClF3NO5P/c1-8(2)10-6-12(21(22)23)15(27(24)25)7-14(10)26-13-4-3-9(5-11(13)17)16(18,19)20/h3-8H,1-2H3/p+1. The van der Waals surface area contributed by atoms with Crippen LogP contribution in [0.15, 0.2) is 30.3 Å². The molecule has 0 bridgehead atoms. The highest BCUT2D eigenvalue weighted by Gasteiger charge is 2.34. The first-order valence-electron chi connectivity index (χ1n) is 7.45. The van der Waals surface area contributed by atoms with Crippen molar-refractivity contribution in [3.63, 3.8) is 0 Å². The van der Waals surface area contributed by atoms with Crippen molar-refractivity contribution in [1.82, 2.24) is 0 Å². The summed E-state index contributed by atoms with van der Waals surface area (Å²) in [6.45, 7) is 3.41. The molecule has 0 radical (unpaired) electrons. The molecule has 0 saturated carbocycles. The minimum Gasteiger partial charge on any atom is -0.455 e. The lowest BCUT2D eigenvalue weighted by Crippen LogP contribution is -2.09. The molecule has 0 spiro atoms. The van der Waals surface area contributed by atoms with Gasteiger partial charge in [-0.3, -0.25) is 10.1 Å². The van der Waals surface area contributed by atoms with Crippen molar-refractivity contribution in [2.24, 2.45) is 0 Å². The summed E-state index contributed by atoms with van der Waals surface area (Å²) in [5.41, 5.74) is -1.18. The van der Waals surface area contributed by atoms with Gasteiger partial charge >= 0.3 is 25.2 Å². The monoisotopic (exact) mass is 422 g/mol. The number of nitrogens with zero attached hydrogens (tertiary/aromatic N) is 1. The molecule has 0 saturated heterocycles. The molecule has 0 amide bonds. The van der Waals surface area contributed by atoms with Gasteiger partial charge in [-0.2, -0.15) is 18.1 Å². The van der Waals surface area contributed by atoms with Gasteiger partial charge in [-0.05, 0) is 28.7 Å². The summed E-state index contributed by atoms with van der Waals surface area (Å²) < 4.78 is 55.2. The predicted molar refractivity (Wildman–Crippen MR) is 93.2 cm³/mol. The van der Waals surface area contributed by atoms with Crippen LogP contribution in [-0.2, 0) is 10.7 Å². The second-order valence-corrected chi connectivity index (χ2v) is 7.24. The highest BCUT2D eigenvalue weighted by molar-refractivity contribution is 7.47.